The van der Waals surface area contributed by atoms with Crippen LogP contribution >= 0.6 is 0 Å². The van der Waals surface area contributed by atoms with Crippen molar-refractivity contribution >= 4 is 11.5 Å². The van der Waals surface area contributed by atoms with Gasteiger partial charge in [-0.05, 0) is 0 Å². The van der Waals surface area contributed by atoms with Gasteiger partial charge in [0, 0.05) is 28.3 Å². The molecule has 1 heterocycles. The number of methoxy groups -OCH3 is 2. The summed E-state index contributed by atoms with van der Waals surface area (Å²) < 4.78 is 11.5. The second-order valence-electron chi connectivity index (χ2n) is 3.94. The van der Waals surface area contributed by atoms with Gasteiger partial charge in [0.15, 0.2) is 12.1 Å². The van der Waals surface area contributed by atoms with E-state index in [0.717, 1.165) is 4.57 Å². The lowest BCUT2D eigenvalue weighted by atomic mass is 10.4. The summed E-state index contributed by atoms with van der Waals surface area (Å²) >= 11 is 0. The molecule has 1 N–H and O–H groups in total. The van der Waals surface area contributed by atoms with Gasteiger partial charge in [-0.1, -0.05) is 0 Å². The number of ether oxygens (including phenoxy) is 2. The third-order valence-corrected chi connectivity index (χ3v) is 2.79. The van der Waals surface area contributed by atoms with Gasteiger partial charge in [0.1, 0.15) is 0 Å². The fraction of sp³-hybridized carbons (Fsp3) is 0.600. The number of rotatable bonds is 6. The van der Waals surface area contributed by atoms with Gasteiger partial charge in [0.05, 0.1) is 11.5 Å². The molecule has 0 radical (unpaired) electrons. The minimum atomic E-state index is -0.980. The Hall–Kier alpha value is -2.20. The van der Waals surface area contributed by atoms with Crippen LogP contribution in [0.3, 0.4) is 0 Å². The predicted molar refractivity (Wildman–Crippen MR) is 69.9 cm³/mol. The first-order valence-corrected chi connectivity index (χ1v) is 5.59. The fourth-order valence-corrected chi connectivity index (χ4v) is 1.64. The predicted octanol–water partition coefficient (Wildman–Crippen LogP) is -0.977. The van der Waals surface area contributed by atoms with E-state index < -0.39 is 28.1 Å². The number of aromatic nitrogens is 2. The molecule has 0 aliphatic carbocycles. The maximum absolute atomic E-state index is 11.8. The zero-order valence-electron chi connectivity index (χ0n) is 11.6. The van der Waals surface area contributed by atoms with E-state index in [1.54, 1.807) is 0 Å². The molecule has 0 aliphatic rings. The largest absolute Gasteiger partial charge is 0.374 e. The molecule has 20 heavy (non-hydrogen) atoms. The molecule has 1 rings (SSSR count). The molecule has 0 aliphatic heterocycles. The molecule has 0 spiro atoms. The molecule has 0 aromatic carbocycles. The van der Waals surface area contributed by atoms with E-state index in [9.17, 15) is 19.7 Å². The van der Waals surface area contributed by atoms with Gasteiger partial charge in [-0.25, -0.2) is 4.79 Å². The summed E-state index contributed by atoms with van der Waals surface area (Å²) in [5, 5.41) is 13.6. The molecule has 0 bridgehead atoms. The second kappa shape index (κ2) is 6.30. The van der Waals surface area contributed by atoms with E-state index in [1.165, 1.54) is 28.3 Å². The Balaban J connectivity index is 3.34. The van der Waals surface area contributed by atoms with Gasteiger partial charge in [-0.15, -0.1) is 0 Å². The SMILES string of the molecule is COC(CNc1c([N+](=O)[O-])c(=O)n(C)c(=O)n1C)OC. The van der Waals surface area contributed by atoms with Crippen molar-refractivity contribution < 1.29 is 14.4 Å². The summed E-state index contributed by atoms with van der Waals surface area (Å²) in [4.78, 5) is 33.7. The first kappa shape index (κ1) is 15.9. The number of nitrogens with zero attached hydrogens (tertiary/aromatic N) is 3. The highest BCUT2D eigenvalue weighted by atomic mass is 16.7. The Morgan fingerprint density at radius 2 is 1.80 bits per heavy atom. The normalized spacial score (nSPS) is 10.8. The lowest BCUT2D eigenvalue weighted by Gasteiger charge is -2.16. The van der Waals surface area contributed by atoms with Gasteiger partial charge in [0.25, 0.3) is 0 Å². The molecule has 0 atom stereocenters. The fourth-order valence-electron chi connectivity index (χ4n) is 1.64. The third kappa shape index (κ3) is 2.86. The average Bonchev–Trinajstić information content (AvgIpc) is 2.42. The van der Waals surface area contributed by atoms with Gasteiger partial charge >= 0.3 is 16.9 Å². The van der Waals surface area contributed by atoms with Crippen LogP contribution < -0.4 is 16.6 Å². The Kier molecular flexibility index (Phi) is 5.00. The van der Waals surface area contributed by atoms with E-state index in [-0.39, 0.29) is 12.4 Å². The highest BCUT2D eigenvalue weighted by Gasteiger charge is 2.25. The van der Waals surface area contributed by atoms with E-state index in [1.807, 2.05) is 0 Å². The van der Waals surface area contributed by atoms with Gasteiger partial charge in [0.2, 0.25) is 0 Å². The van der Waals surface area contributed by atoms with Crippen molar-refractivity contribution in [2.24, 2.45) is 14.1 Å². The third-order valence-electron chi connectivity index (χ3n) is 2.79. The number of hydrogen-bond donors (Lipinski definition) is 1. The van der Waals surface area contributed by atoms with Crippen LogP contribution in [-0.2, 0) is 23.6 Å². The standard InChI is InChI=1S/C10H16N4O6/c1-12-8(11-5-6(19-3)20-4)7(14(17)18)9(15)13(2)10(12)16/h6,11H,5H2,1-4H3. The molecular formula is C10H16N4O6. The van der Waals surface area contributed by atoms with E-state index in [4.69, 9.17) is 9.47 Å². The van der Waals surface area contributed by atoms with Crippen molar-refractivity contribution in [3.05, 3.63) is 31.0 Å². The van der Waals surface area contributed by atoms with Gasteiger partial charge in [-0.3, -0.25) is 24.0 Å². The number of hydrogen-bond acceptors (Lipinski definition) is 7. The summed E-state index contributed by atoms with van der Waals surface area (Å²) in [6.45, 7) is 0.0360. The number of nitrogens with one attached hydrogen (secondary N) is 1. The van der Waals surface area contributed by atoms with Crippen LogP contribution in [0.5, 0.6) is 0 Å². The van der Waals surface area contributed by atoms with Crippen molar-refractivity contribution in [3.8, 4) is 0 Å². The average molecular weight is 288 g/mol. The van der Waals surface area contributed by atoms with Crippen molar-refractivity contribution in [3.63, 3.8) is 0 Å². The Morgan fingerprint density at radius 3 is 2.25 bits per heavy atom. The highest BCUT2D eigenvalue weighted by Crippen LogP contribution is 2.16. The van der Waals surface area contributed by atoms with Gasteiger partial charge < -0.3 is 14.8 Å². The van der Waals surface area contributed by atoms with Crippen LogP contribution in [0.25, 0.3) is 0 Å². The minimum Gasteiger partial charge on any atom is -0.360 e. The quantitative estimate of drug-likeness (QED) is 0.406. The zero-order valence-corrected chi connectivity index (χ0v) is 11.6. The molecule has 0 saturated heterocycles. The molecule has 1 aromatic heterocycles. The molecule has 112 valence electrons. The summed E-state index contributed by atoms with van der Waals surface area (Å²) in [5.41, 5.74) is -2.36. The molecule has 1 aromatic rings. The van der Waals surface area contributed by atoms with Crippen LogP contribution in [0.15, 0.2) is 9.59 Å². The van der Waals surface area contributed by atoms with Crippen LogP contribution in [0.1, 0.15) is 0 Å². The first-order valence-electron chi connectivity index (χ1n) is 5.59. The van der Waals surface area contributed by atoms with Crippen LogP contribution in [0, 0.1) is 10.1 Å². The van der Waals surface area contributed by atoms with Crippen LogP contribution in [0.4, 0.5) is 11.5 Å². The first-order chi connectivity index (χ1) is 9.34. The lowest BCUT2D eigenvalue weighted by molar-refractivity contribution is -0.386. The van der Waals surface area contributed by atoms with Crippen molar-refractivity contribution in [1.29, 1.82) is 0 Å². The molecule has 0 fully saturated rings. The van der Waals surface area contributed by atoms with E-state index >= 15 is 0 Å². The number of anilines is 1. The Morgan fingerprint density at radius 1 is 1.25 bits per heavy atom. The lowest BCUT2D eigenvalue weighted by Crippen LogP contribution is -2.40. The molecular weight excluding hydrogens is 272 g/mol. The van der Waals surface area contributed by atoms with Crippen LogP contribution in [-0.4, -0.2) is 41.1 Å². The number of nitro groups is 1. The molecule has 0 amide bonds. The summed E-state index contributed by atoms with van der Waals surface area (Å²) in [6.07, 6.45) is -0.672. The molecule has 0 saturated carbocycles. The summed E-state index contributed by atoms with van der Waals surface area (Å²) in [7, 11) is 5.29. The smallest absolute Gasteiger partial charge is 0.360 e. The highest BCUT2D eigenvalue weighted by molar-refractivity contribution is 5.54. The summed E-state index contributed by atoms with van der Waals surface area (Å²) in [5.74, 6) is -0.192. The van der Waals surface area contributed by atoms with E-state index in [0.29, 0.717) is 4.57 Å². The maximum atomic E-state index is 11.8. The van der Waals surface area contributed by atoms with Crippen molar-refractivity contribution in [2.75, 3.05) is 26.1 Å². The maximum Gasteiger partial charge on any atom is 0.374 e. The molecule has 10 nitrogen and oxygen atoms in total. The monoisotopic (exact) mass is 288 g/mol. The molecule has 10 heteroatoms. The second-order valence-corrected chi connectivity index (χ2v) is 3.94. The molecule has 0 unspecified atom stereocenters. The zero-order chi connectivity index (χ0) is 15.4. The van der Waals surface area contributed by atoms with Crippen LogP contribution in [0.2, 0.25) is 0 Å². The van der Waals surface area contributed by atoms with Crippen molar-refractivity contribution in [2.45, 2.75) is 6.29 Å². The topological polar surface area (TPSA) is 118 Å². The minimum absolute atomic E-state index is 0.0360. The van der Waals surface area contributed by atoms with Gasteiger partial charge in [-0.2, -0.15) is 0 Å². The van der Waals surface area contributed by atoms with Crippen molar-refractivity contribution in [1.82, 2.24) is 9.13 Å². The Bertz CT molecular complexity index is 615. The Labute approximate surface area is 113 Å². The van der Waals surface area contributed by atoms with E-state index in [2.05, 4.69) is 5.32 Å². The summed E-state index contributed by atoms with van der Waals surface area (Å²) in [6, 6.07) is 0.